The highest BCUT2D eigenvalue weighted by Gasteiger charge is 2.29. The number of carbonyl (C=O) groups excluding carboxylic acids is 2. The zero-order valence-electron chi connectivity index (χ0n) is 12.6. The first-order chi connectivity index (χ1) is 9.97. The van der Waals surface area contributed by atoms with E-state index < -0.39 is 0 Å². The number of amides is 1. The molecule has 1 saturated heterocycles. The fraction of sp³-hybridized carbons (Fsp3) is 0.529. The minimum absolute atomic E-state index is 0.0870. The number of rotatable bonds is 4. The van der Waals surface area contributed by atoms with Crippen LogP contribution < -0.4 is 0 Å². The maximum absolute atomic E-state index is 12.5. The van der Waals surface area contributed by atoms with Gasteiger partial charge in [-0.25, -0.2) is 0 Å². The Balaban J connectivity index is 2.01. The summed E-state index contributed by atoms with van der Waals surface area (Å²) in [6.07, 6.45) is 2.31. The van der Waals surface area contributed by atoms with Crippen molar-refractivity contribution in [1.82, 2.24) is 4.90 Å². The van der Waals surface area contributed by atoms with Gasteiger partial charge in [0.2, 0.25) is 5.91 Å². The lowest BCUT2D eigenvalue weighted by Gasteiger charge is -2.32. The summed E-state index contributed by atoms with van der Waals surface area (Å²) in [4.78, 5) is 26.5. The van der Waals surface area contributed by atoms with Crippen molar-refractivity contribution in [1.29, 1.82) is 0 Å². The quantitative estimate of drug-likeness (QED) is 0.793. The van der Waals surface area contributed by atoms with Gasteiger partial charge in [0.25, 0.3) is 0 Å². The average molecular weight is 308 g/mol. The standard InChI is InChI=1S/C17H22ClNO2/c1-12(2)10-16(20)19-9-3-4-14(11-19)17(21)13-5-7-15(18)8-6-13/h5-8,12,14H,3-4,9-11H2,1-2H3. The Kier molecular flexibility index (Phi) is 5.40. The fourth-order valence-electron chi connectivity index (χ4n) is 2.75. The summed E-state index contributed by atoms with van der Waals surface area (Å²) in [6, 6.07) is 7.00. The molecule has 3 nitrogen and oxygen atoms in total. The van der Waals surface area contributed by atoms with E-state index in [2.05, 4.69) is 0 Å². The first-order valence-electron chi connectivity index (χ1n) is 7.55. The molecular weight excluding hydrogens is 286 g/mol. The molecule has 4 heteroatoms. The van der Waals surface area contributed by atoms with Crippen molar-refractivity contribution in [2.24, 2.45) is 11.8 Å². The number of ketones is 1. The smallest absolute Gasteiger partial charge is 0.222 e. The SMILES string of the molecule is CC(C)CC(=O)N1CCCC(C(=O)c2ccc(Cl)cc2)C1. The van der Waals surface area contributed by atoms with E-state index in [1.165, 1.54) is 0 Å². The number of likely N-dealkylation sites (tertiary alicyclic amines) is 1. The van der Waals surface area contributed by atoms with Gasteiger partial charge >= 0.3 is 0 Å². The second-order valence-electron chi connectivity index (χ2n) is 6.15. The maximum Gasteiger partial charge on any atom is 0.222 e. The molecule has 114 valence electrons. The van der Waals surface area contributed by atoms with Gasteiger partial charge in [-0.2, -0.15) is 0 Å². The molecule has 1 aromatic carbocycles. The lowest BCUT2D eigenvalue weighted by Crippen LogP contribution is -2.42. The predicted molar refractivity (Wildman–Crippen MR) is 84.5 cm³/mol. The largest absolute Gasteiger partial charge is 0.342 e. The van der Waals surface area contributed by atoms with E-state index in [0.717, 1.165) is 19.4 Å². The van der Waals surface area contributed by atoms with E-state index in [1.807, 2.05) is 18.7 Å². The van der Waals surface area contributed by atoms with Gasteiger partial charge in [-0.05, 0) is 43.0 Å². The van der Waals surface area contributed by atoms with Gasteiger partial charge in [0.15, 0.2) is 5.78 Å². The molecule has 1 heterocycles. The normalized spacial score (nSPS) is 18.9. The Hall–Kier alpha value is -1.35. The van der Waals surface area contributed by atoms with Gasteiger partial charge in [0, 0.05) is 36.0 Å². The van der Waals surface area contributed by atoms with Crippen molar-refractivity contribution in [3.8, 4) is 0 Å². The predicted octanol–water partition coefficient (Wildman–Crippen LogP) is 3.81. The summed E-state index contributed by atoms with van der Waals surface area (Å²) in [5.41, 5.74) is 0.683. The van der Waals surface area contributed by atoms with E-state index in [9.17, 15) is 9.59 Å². The summed E-state index contributed by atoms with van der Waals surface area (Å²) in [5, 5.41) is 0.629. The van der Waals surface area contributed by atoms with Crippen LogP contribution in [-0.2, 0) is 4.79 Å². The maximum atomic E-state index is 12.5. The van der Waals surface area contributed by atoms with Crippen LogP contribution in [0, 0.1) is 11.8 Å². The number of piperidine rings is 1. The summed E-state index contributed by atoms with van der Waals surface area (Å²) in [7, 11) is 0. The van der Waals surface area contributed by atoms with E-state index in [4.69, 9.17) is 11.6 Å². The highest BCUT2D eigenvalue weighted by Crippen LogP contribution is 2.23. The van der Waals surface area contributed by atoms with E-state index in [0.29, 0.717) is 29.5 Å². The Labute approximate surface area is 131 Å². The van der Waals surface area contributed by atoms with Crippen molar-refractivity contribution in [3.63, 3.8) is 0 Å². The van der Waals surface area contributed by atoms with Gasteiger partial charge in [-0.1, -0.05) is 25.4 Å². The summed E-state index contributed by atoms with van der Waals surface area (Å²) >= 11 is 5.85. The minimum atomic E-state index is -0.0870. The van der Waals surface area contributed by atoms with Crippen LogP contribution in [0.4, 0.5) is 0 Å². The second kappa shape index (κ2) is 7.08. The molecule has 1 atom stereocenters. The van der Waals surface area contributed by atoms with Crippen LogP contribution in [0.1, 0.15) is 43.5 Å². The molecular formula is C17H22ClNO2. The Morgan fingerprint density at radius 2 is 1.95 bits per heavy atom. The number of benzene rings is 1. The number of hydrogen-bond acceptors (Lipinski definition) is 2. The molecule has 1 aliphatic rings. The molecule has 1 amide bonds. The topological polar surface area (TPSA) is 37.4 Å². The van der Waals surface area contributed by atoms with Crippen LogP contribution in [0.15, 0.2) is 24.3 Å². The number of carbonyl (C=O) groups is 2. The second-order valence-corrected chi connectivity index (χ2v) is 6.58. The molecule has 0 spiro atoms. The number of nitrogens with zero attached hydrogens (tertiary/aromatic N) is 1. The van der Waals surface area contributed by atoms with Crippen LogP contribution in [0.25, 0.3) is 0 Å². The molecule has 0 N–H and O–H groups in total. The number of hydrogen-bond donors (Lipinski definition) is 0. The highest BCUT2D eigenvalue weighted by molar-refractivity contribution is 6.30. The van der Waals surface area contributed by atoms with Gasteiger partial charge < -0.3 is 4.90 Å². The van der Waals surface area contributed by atoms with Crippen LogP contribution in [-0.4, -0.2) is 29.7 Å². The van der Waals surface area contributed by atoms with Crippen LogP contribution in [0.5, 0.6) is 0 Å². The molecule has 0 aliphatic carbocycles. The molecule has 21 heavy (non-hydrogen) atoms. The lowest BCUT2D eigenvalue weighted by atomic mass is 9.89. The number of halogens is 1. The fourth-order valence-corrected chi connectivity index (χ4v) is 2.87. The molecule has 1 unspecified atom stereocenters. The van der Waals surface area contributed by atoms with Crippen molar-refractivity contribution in [2.75, 3.05) is 13.1 Å². The van der Waals surface area contributed by atoms with Crippen LogP contribution in [0.3, 0.4) is 0 Å². The first-order valence-corrected chi connectivity index (χ1v) is 7.92. The van der Waals surface area contributed by atoms with E-state index >= 15 is 0 Å². The molecule has 1 aromatic rings. The monoisotopic (exact) mass is 307 g/mol. The van der Waals surface area contributed by atoms with Gasteiger partial charge in [-0.15, -0.1) is 0 Å². The van der Waals surface area contributed by atoms with Gasteiger partial charge in [0.1, 0.15) is 0 Å². The Morgan fingerprint density at radius 1 is 1.29 bits per heavy atom. The third-order valence-corrected chi connectivity index (χ3v) is 4.11. The zero-order chi connectivity index (χ0) is 15.4. The molecule has 1 fully saturated rings. The lowest BCUT2D eigenvalue weighted by molar-refractivity contribution is -0.133. The highest BCUT2D eigenvalue weighted by atomic mass is 35.5. The molecule has 2 rings (SSSR count). The third kappa shape index (κ3) is 4.31. The van der Waals surface area contributed by atoms with Crippen molar-refractivity contribution >= 4 is 23.3 Å². The average Bonchev–Trinajstić information content (AvgIpc) is 2.47. The van der Waals surface area contributed by atoms with Gasteiger partial charge in [0.05, 0.1) is 0 Å². The minimum Gasteiger partial charge on any atom is -0.342 e. The Bertz CT molecular complexity index is 510. The summed E-state index contributed by atoms with van der Waals surface area (Å²) in [6.45, 7) is 5.40. The first kappa shape index (κ1) is 16.0. The van der Waals surface area contributed by atoms with E-state index in [-0.39, 0.29) is 17.6 Å². The number of Topliss-reactive ketones (excluding diaryl/α,β-unsaturated/α-hetero) is 1. The van der Waals surface area contributed by atoms with Crippen LogP contribution in [0.2, 0.25) is 5.02 Å². The molecule has 0 saturated carbocycles. The summed E-state index contributed by atoms with van der Waals surface area (Å²) in [5.74, 6) is 0.549. The molecule has 0 aromatic heterocycles. The van der Waals surface area contributed by atoms with Crippen molar-refractivity contribution < 1.29 is 9.59 Å². The molecule has 1 aliphatic heterocycles. The van der Waals surface area contributed by atoms with Crippen molar-refractivity contribution in [2.45, 2.75) is 33.1 Å². The zero-order valence-corrected chi connectivity index (χ0v) is 13.4. The third-order valence-electron chi connectivity index (χ3n) is 3.86. The molecule has 0 radical (unpaired) electrons. The van der Waals surface area contributed by atoms with Gasteiger partial charge in [-0.3, -0.25) is 9.59 Å². The van der Waals surface area contributed by atoms with Crippen LogP contribution >= 0.6 is 11.6 Å². The summed E-state index contributed by atoms with van der Waals surface area (Å²) < 4.78 is 0. The molecule has 0 bridgehead atoms. The Morgan fingerprint density at radius 3 is 2.57 bits per heavy atom. The van der Waals surface area contributed by atoms with Crippen molar-refractivity contribution in [3.05, 3.63) is 34.9 Å². The van der Waals surface area contributed by atoms with E-state index in [1.54, 1.807) is 24.3 Å².